The van der Waals surface area contributed by atoms with E-state index in [9.17, 15) is 9.59 Å². The van der Waals surface area contributed by atoms with Gasteiger partial charge in [0.25, 0.3) is 5.91 Å². The molecule has 8 heteroatoms. The van der Waals surface area contributed by atoms with E-state index >= 15 is 0 Å². The fourth-order valence-electron chi connectivity index (χ4n) is 2.25. The van der Waals surface area contributed by atoms with Gasteiger partial charge in [-0.3, -0.25) is 14.8 Å². The second-order valence-electron chi connectivity index (χ2n) is 5.67. The molecule has 2 unspecified atom stereocenters. The van der Waals surface area contributed by atoms with Crippen LogP contribution in [0.2, 0.25) is 0 Å². The maximum Gasteiger partial charge on any atom is 0.253 e. The van der Waals surface area contributed by atoms with Gasteiger partial charge in [-0.05, 0) is 37.6 Å². The Balaban J connectivity index is 2.81. The molecule has 1 rings (SSSR count). The Hall–Kier alpha value is -1.48. The zero-order valence-corrected chi connectivity index (χ0v) is 16.3. The van der Waals surface area contributed by atoms with E-state index in [-0.39, 0.29) is 25.3 Å². The average Bonchev–Trinajstić information content (AvgIpc) is 2.62. The van der Waals surface area contributed by atoms with Crippen LogP contribution in [0.3, 0.4) is 0 Å². The van der Waals surface area contributed by atoms with Crippen molar-refractivity contribution in [3.8, 4) is 0 Å². The Morgan fingerprint density at radius 2 is 1.92 bits per heavy atom. The molecule has 0 spiro atoms. The van der Waals surface area contributed by atoms with Gasteiger partial charge in [0.2, 0.25) is 5.91 Å². The van der Waals surface area contributed by atoms with Gasteiger partial charge in [0.05, 0.1) is 12.6 Å². The van der Waals surface area contributed by atoms with E-state index in [4.69, 9.17) is 14.7 Å². The van der Waals surface area contributed by atoms with Crippen LogP contribution in [0, 0.1) is 5.92 Å². The highest BCUT2D eigenvalue weighted by Crippen LogP contribution is 2.17. The molecule has 0 heterocycles. The molecule has 0 fully saturated rings. The number of hydrogen-bond acceptors (Lipinski definition) is 5. The summed E-state index contributed by atoms with van der Waals surface area (Å²) in [6, 6.07) is 6.70. The minimum atomic E-state index is -0.501. The lowest BCUT2D eigenvalue weighted by molar-refractivity contribution is -0.133. The lowest BCUT2D eigenvalue weighted by Crippen LogP contribution is -2.43. The molecule has 0 bridgehead atoms. The molecule has 0 saturated carbocycles. The van der Waals surface area contributed by atoms with Gasteiger partial charge in [0.1, 0.15) is 6.79 Å². The zero-order valence-electron chi connectivity index (χ0n) is 14.7. The van der Waals surface area contributed by atoms with E-state index < -0.39 is 11.8 Å². The van der Waals surface area contributed by atoms with E-state index in [0.29, 0.717) is 18.6 Å². The number of benzene rings is 1. The molecule has 0 aliphatic carbocycles. The number of halogens is 1. The minimum Gasteiger partial charge on any atom is -0.356 e. The van der Waals surface area contributed by atoms with E-state index in [1.165, 1.54) is 0 Å². The van der Waals surface area contributed by atoms with Crippen LogP contribution in [0.4, 0.5) is 0 Å². The number of likely N-dealkylation sites (N-methyl/N-ethyl adjacent to an activating group) is 1. The smallest absolute Gasteiger partial charge is 0.253 e. The van der Waals surface area contributed by atoms with Gasteiger partial charge in [-0.2, -0.15) is 0 Å². The van der Waals surface area contributed by atoms with Crippen molar-refractivity contribution in [3.63, 3.8) is 0 Å². The summed E-state index contributed by atoms with van der Waals surface area (Å²) in [5, 5.41) is 8.78. The van der Waals surface area contributed by atoms with Gasteiger partial charge in [-0.25, -0.2) is 5.48 Å². The van der Waals surface area contributed by atoms with E-state index in [2.05, 4.69) is 15.9 Å². The first kappa shape index (κ1) is 21.6. The molecule has 0 aromatic heterocycles. The predicted octanol–water partition coefficient (Wildman–Crippen LogP) is 2.43. The van der Waals surface area contributed by atoms with Crippen molar-refractivity contribution in [2.75, 3.05) is 27.1 Å². The lowest BCUT2D eigenvalue weighted by atomic mass is 10.00. The van der Waals surface area contributed by atoms with Gasteiger partial charge in [0, 0.05) is 29.6 Å². The van der Waals surface area contributed by atoms with E-state index in [1.807, 2.05) is 6.92 Å². The summed E-state index contributed by atoms with van der Waals surface area (Å²) in [6.45, 7) is 4.41. The summed E-state index contributed by atoms with van der Waals surface area (Å²) in [7, 11) is 1.67. The fraction of sp³-hybridized carbons (Fsp3) is 0.529. The number of ether oxygens (including phenoxy) is 2. The van der Waals surface area contributed by atoms with Crippen molar-refractivity contribution in [2.45, 2.75) is 26.3 Å². The Morgan fingerprint density at radius 1 is 1.28 bits per heavy atom. The van der Waals surface area contributed by atoms with Crippen LogP contribution in [0.1, 0.15) is 30.6 Å². The first-order valence-corrected chi connectivity index (χ1v) is 8.82. The highest BCUT2D eigenvalue weighted by molar-refractivity contribution is 9.10. The molecular weight excluding hydrogens is 392 g/mol. The number of hydroxylamine groups is 1. The number of carbonyl (C=O) groups is 2. The first-order valence-electron chi connectivity index (χ1n) is 8.02. The van der Waals surface area contributed by atoms with Crippen LogP contribution in [0.15, 0.2) is 28.7 Å². The summed E-state index contributed by atoms with van der Waals surface area (Å²) < 4.78 is 11.5. The number of hydrogen-bond donors (Lipinski definition) is 2. The highest BCUT2D eigenvalue weighted by atomic mass is 79.9. The number of amides is 2. The molecule has 0 radical (unpaired) electrons. The fourth-order valence-corrected chi connectivity index (χ4v) is 2.52. The quantitative estimate of drug-likeness (QED) is 0.264. The number of nitrogens with zero attached hydrogens (tertiary/aromatic N) is 1. The van der Waals surface area contributed by atoms with Crippen molar-refractivity contribution < 1.29 is 24.3 Å². The SMILES string of the molecule is CCOCOCC(CC(C)C(=O)NO)N(C)C(=O)c1ccc(Br)cc1. The third-order valence-electron chi connectivity index (χ3n) is 3.82. The summed E-state index contributed by atoms with van der Waals surface area (Å²) in [5.41, 5.74) is 2.18. The largest absolute Gasteiger partial charge is 0.356 e. The van der Waals surface area contributed by atoms with Crippen LogP contribution in [0.5, 0.6) is 0 Å². The molecule has 1 aromatic carbocycles. The number of carbonyl (C=O) groups excluding carboxylic acids is 2. The standard InChI is InChI=1S/C17H25BrN2O5/c1-4-24-11-25-10-15(9-12(2)16(21)19-23)20(3)17(22)13-5-7-14(18)8-6-13/h5-8,12,15,23H,4,9-11H2,1-3H3,(H,19,21). The maximum atomic E-state index is 12.7. The number of rotatable bonds is 10. The molecular formula is C17H25BrN2O5. The molecule has 0 aliphatic heterocycles. The highest BCUT2D eigenvalue weighted by Gasteiger charge is 2.26. The van der Waals surface area contributed by atoms with Crippen molar-refractivity contribution >= 4 is 27.7 Å². The Morgan fingerprint density at radius 3 is 2.48 bits per heavy atom. The average molecular weight is 417 g/mol. The Bertz CT molecular complexity index is 552. The minimum absolute atomic E-state index is 0.119. The summed E-state index contributed by atoms with van der Waals surface area (Å²) in [5.74, 6) is -1.15. The second kappa shape index (κ2) is 11.2. The third-order valence-corrected chi connectivity index (χ3v) is 4.35. The summed E-state index contributed by atoms with van der Waals surface area (Å²) in [4.78, 5) is 25.8. The number of nitrogens with one attached hydrogen (secondary N) is 1. The normalized spacial score (nSPS) is 13.2. The van der Waals surface area contributed by atoms with Crippen LogP contribution in [0.25, 0.3) is 0 Å². The van der Waals surface area contributed by atoms with Gasteiger partial charge >= 0.3 is 0 Å². The van der Waals surface area contributed by atoms with Gasteiger partial charge in [0.15, 0.2) is 0 Å². The van der Waals surface area contributed by atoms with Crippen LogP contribution < -0.4 is 5.48 Å². The van der Waals surface area contributed by atoms with Gasteiger partial charge in [-0.15, -0.1) is 0 Å². The topological polar surface area (TPSA) is 88.1 Å². The van der Waals surface area contributed by atoms with Crippen LogP contribution in [-0.2, 0) is 14.3 Å². The maximum absolute atomic E-state index is 12.7. The van der Waals surface area contributed by atoms with Crippen molar-refractivity contribution in [3.05, 3.63) is 34.3 Å². The summed E-state index contributed by atoms with van der Waals surface area (Å²) >= 11 is 3.34. The molecule has 7 nitrogen and oxygen atoms in total. The lowest BCUT2D eigenvalue weighted by Gasteiger charge is -2.30. The molecule has 25 heavy (non-hydrogen) atoms. The molecule has 0 aliphatic rings. The van der Waals surface area contributed by atoms with Crippen LogP contribution >= 0.6 is 15.9 Å². The zero-order chi connectivity index (χ0) is 18.8. The van der Waals surface area contributed by atoms with Crippen LogP contribution in [-0.4, -0.2) is 55.0 Å². The third kappa shape index (κ3) is 7.11. The second-order valence-corrected chi connectivity index (χ2v) is 6.59. The Kier molecular flexibility index (Phi) is 9.66. The first-order chi connectivity index (χ1) is 11.9. The van der Waals surface area contributed by atoms with E-state index in [1.54, 1.807) is 48.6 Å². The monoisotopic (exact) mass is 416 g/mol. The van der Waals surface area contributed by atoms with Crippen molar-refractivity contribution in [1.29, 1.82) is 0 Å². The molecule has 2 amide bonds. The molecule has 2 atom stereocenters. The van der Waals surface area contributed by atoms with Crippen molar-refractivity contribution in [2.24, 2.45) is 5.92 Å². The summed E-state index contributed by atoms with van der Waals surface area (Å²) in [6.07, 6.45) is 0.345. The molecule has 140 valence electrons. The molecule has 1 aromatic rings. The van der Waals surface area contributed by atoms with Crippen molar-refractivity contribution in [1.82, 2.24) is 10.4 Å². The predicted molar refractivity (Wildman–Crippen MR) is 96.2 cm³/mol. The van der Waals surface area contributed by atoms with E-state index in [0.717, 1.165) is 4.47 Å². The Labute approximate surface area is 156 Å². The van der Waals surface area contributed by atoms with Gasteiger partial charge in [-0.1, -0.05) is 22.9 Å². The van der Waals surface area contributed by atoms with Gasteiger partial charge < -0.3 is 14.4 Å². The molecule has 0 saturated heterocycles. The molecule has 2 N–H and O–H groups in total.